The minimum Gasteiger partial charge on any atom is -0.362 e. The summed E-state index contributed by atoms with van der Waals surface area (Å²) in [6, 6.07) is 14.8. The zero-order valence-corrected chi connectivity index (χ0v) is 20.1. The molecule has 1 aliphatic carbocycles. The number of amides is 1. The van der Waals surface area contributed by atoms with Gasteiger partial charge in [0.2, 0.25) is 5.95 Å². The molecule has 1 saturated carbocycles. The third kappa shape index (κ3) is 5.94. The Balaban J connectivity index is 1.31. The lowest BCUT2D eigenvalue weighted by molar-refractivity contribution is 0.0940. The van der Waals surface area contributed by atoms with Crippen LogP contribution >= 0.6 is 11.8 Å². The lowest BCUT2D eigenvalue weighted by atomic mass is 9.86. The number of benzene rings is 2. The highest BCUT2D eigenvalue weighted by molar-refractivity contribution is 7.99. The Bertz CT molecular complexity index is 1140. The van der Waals surface area contributed by atoms with E-state index in [-0.39, 0.29) is 11.9 Å². The molecule has 2 aromatic carbocycles. The van der Waals surface area contributed by atoms with Crippen LogP contribution in [0.2, 0.25) is 0 Å². The average molecular weight is 486 g/mol. The number of nitrogens with zero attached hydrogens (tertiary/aromatic N) is 3. The Morgan fingerprint density at radius 2 is 1.76 bits per heavy atom. The largest absolute Gasteiger partial charge is 0.362 e. The summed E-state index contributed by atoms with van der Waals surface area (Å²) in [6.45, 7) is 0.538. The highest BCUT2D eigenvalue weighted by Crippen LogP contribution is 2.30. The molecule has 9 heteroatoms. The first kappa shape index (κ1) is 24.2. The normalized spacial score (nSPS) is 18.1. The molecule has 2 N–H and O–H groups in total. The van der Waals surface area contributed by atoms with Crippen molar-refractivity contribution < 1.29 is 13.6 Å². The quantitative estimate of drug-likeness (QED) is 0.416. The zero-order chi connectivity index (χ0) is 24.1. The van der Waals surface area contributed by atoms with Crippen LogP contribution in [0.15, 0.2) is 53.4 Å². The number of fused-ring (bicyclic) bond motifs is 1. The van der Waals surface area contributed by atoms with Crippen LogP contribution in [0.25, 0.3) is 10.9 Å². The van der Waals surface area contributed by atoms with Crippen LogP contribution < -0.4 is 15.5 Å². The van der Waals surface area contributed by atoms with E-state index in [1.54, 1.807) is 24.3 Å². The molecule has 0 radical (unpaired) electrons. The monoisotopic (exact) mass is 485 g/mol. The number of para-hydroxylation sites is 1. The fourth-order valence-electron chi connectivity index (χ4n) is 4.34. The number of nitrogens with one attached hydrogen (secondary N) is 2. The second-order valence-corrected chi connectivity index (χ2v) is 9.76. The van der Waals surface area contributed by atoms with Crippen LogP contribution in [0.1, 0.15) is 36.0 Å². The molecule has 180 valence electrons. The molecule has 6 nitrogen and oxygen atoms in total. The predicted molar refractivity (Wildman–Crippen MR) is 134 cm³/mol. The second-order valence-electron chi connectivity index (χ2n) is 8.73. The summed E-state index contributed by atoms with van der Waals surface area (Å²) in [5, 5.41) is 7.45. The van der Waals surface area contributed by atoms with E-state index < -0.39 is 5.76 Å². The molecule has 0 unspecified atom stereocenters. The van der Waals surface area contributed by atoms with Crippen molar-refractivity contribution in [3.05, 3.63) is 54.1 Å². The maximum absolute atomic E-state index is 12.8. The van der Waals surface area contributed by atoms with Crippen molar-refractivity contribution in [2.24, 2.45) is 5.92 Å². The number of rotatable bonds is 8. The predicted octanol–water partition coefficient (Wildman–Crippen LogP) is 5.41. The van der Waals surface area contributed by atoms with Gasteiger partial charge in [0, 0.05) is 37.0 Å². The Labute approximate surface area is 202 Å². The maximum atomic E-state index is 12.8. The van der Waals surface area contributed by atoms with Crippen LogP contribution in [0.5, 0.6) is 0 Å². The number of thioether (sulfide) groups is 1. The third-order valence-electron chi connectivity index (χ3n) is 6.09. The van der Waals surface area contributed by atoms with Gasteiger partial charge >= 0.3 is 0 Å². The Kier molecular flexibility index (Phi) is 7.82. The number of anilines is 2. The summed E-state index contributed by atoms with van der Waals surface area (Å²) >= 11 is 0.402. The molecule has 1 heterocycles. The van der Waals surface area contributed by atoms with Crippen LogP contribution in [0, 0.1) is 5.92 Å². The average Bonchev–Trinajstić information content (AvgIpc) is 2.83. The van der Waals surface area contributed by atoms with Gasteiger partial charge in [0.1, 0.15) is 5.82 Å². The van der Waals surface area contributed by atoms with E-state index in [0.29, 0.717) is 40.6 Å². The molecule has 1 fully saturated rings. The molecule has 0 aliphatic heterocycles. The van der Waals surface area contributed by atoms with Crippen LogP contribution in [-0.2, 0) is 0 Å². The highest BCUT2D eigenvalue weighted by atomic mass is 32.2. The van der Waals surface area contributed by atoms with Crippen LogP contribution in [0.4, 0.5) is 20.5 Å². The summed E-state index contributed by atoms with van der Waals surface area (Å²) in [5.74, 6) is -0.990. The van der Waals surface area contributed by atoms with Crippen LogP contribution in [0.3, 0.4) is 0 Å². The first-order chi connectivity index (χ1) is 16.4. The van der Waals surface area contributed by atoms with Crippen molar-refractivity contribution in [2.75, 3.05) is 30.9 Å². The standard InChI is InChI=1S/C25H29F2N5OS/c1-32(2)22-18-7-3-5-9-20(18)30-25(31-22)29-17-13-11-16(12-14-17)15-28-23(33)19-8-4-6-10-21(19)34-24(26)27/h3-10,16-17,24H,11-15H2,1-2H3,(H,28,33)(H,29,30,31). The molecule has 4 rings (SSSR count). The van der Waals surface area contributed by atoms with Gasteiger partial charge in [-0.2, -0.15) is 13.8 Å². The smallest absolute Gasteiger partial charge is 0.288 e. The van der Waals surface area contributed by atoms with E-state index in [2.05, 4.69) is 10.6 Å². The van der Waals surface area contributed by atoms with E-state index in [9.17, 15) is 13.6 Å². The fourth-order valence-corrected chi connectivity index (χ4v) is 4.98. The molecule has 0 atom stereocenters. The number of halogens is 2. The summed E-state index contributed by atoms with van der Waals surface area (Å²) in [5.41, 5.74) is 1.21. The summed E-state index contributed by atoms with van der Waals surface area (Å²) < 4.78 is 25.6. The van der Waals surface area contributed by atoms with Gasteiger partial charge in [0.05, 0.1) is 11.1 Å². The number of carbonyl (C=O) groups is 1. The number of hydrogen-bond acceptors (Lipinski definition) is 6. The second kappa shape index (κ2) is 11.0. The Hall–Kier alpha value is -2.94. The van der Waals surface area contributed by atoms with E-state index in [1.807, 2.05) is 43.3 Å². The SMILES string of the molecule is CN(C)c1nc(NC2CCC(CNC(=O)c3ccccc3SC(F)F)CC2)nc2ccccc12. The molecule has 0 bridgehead atoms. The highest BCUT2D eigenvalue weighted by Gasteiger charge is 2.23. The van der Waals surface area contributed by atoms with Gasteiger partial charge in [0.25, 0.3) is 11.7 Å². The van der Waals surface area contributed by atoms with Gasteiger partial charge in [-0.05, 0) is 55.9 Å². The maximum Gasteiger partial charge on any atom is 0.288 e. The number of aromatic nitrogens is 2. The molecule has 1 aliphatic rings. The lowest BCUT2D eigenvalue weighted by Gasteiger charge is -2.29. The van der Waals surface area contributed by atoms with Gasteiger partial charge in [-0.15, -0.1) is 0 Å². The molecule has 34 heavy (non-hydrogen) atoms. The molecule has 1 aromatic heterocycles. The number of alkyl halides is 2. The molecule has 0 saturated heterocycles. The van der Waals surface area contributed by atoms with Gasteiger partial charge in [0.15, 0.2) is 0 Å². The van der Waals surface area contributed by atoms with Gasteiger partial charge in [-0.25, -0.2) is 4.98 Å². The third-order valence-corrected chi connectivity index (χ3v) is 6.87. The topological polar surface area (TPSA) is 70.2 Å². The van der Waals surface area contributed by atoms with Crippen molar-refractivity contribution in [2.45, 2.75) is 42.4 Å². The Morgan fingerprint density at radius 1 is 1.06 bits per heavy atom. The number of hydrogen-bond donors (Lipinski definition) is 2. The first-order valence-corrected chi connectivity index (χ1v) is 12.3. The summed E-state index contributed by atoms with van der Waals surface area (Å²) in [6.07, 6.45) is 3.82. The minimum atomic E-state index is -2.56. The summed E-state index contributed by atoms with van der Waals surface area (Å²) in [4.78, 5) is 24.3. The first-order valence-electron chi connectivity index (χ1n) is 11.4. The fraction of sp³-hybridized carbons (Fsp3) is 0.400. The van der Waals surface area contributed by atoms with Gasteiger partial charge in [-0.3, -0.25) is 4.79 Å². The Morgan fingerprint density at radius 3 is 2.50 bits per heavy atom. The van der Waals surface area contributed by atoms with Crippen LogP contribution in [-0.4, -0.2) is 48.3 Å². The molecule has 0 spiro atoms. The van der Waals surface area contributed by atoms with Crippen molar-refractivity contribution in [3.63, 3.8) is 0 Å². The van der Waals surface area contributed by atoms with Crippen molar-refractivity contribution in [1.82, 2.24) is 15.3 Å². The van der Waals surface area contributed by atoms with Gasteiger partial charge in [-0.1, -0.05) is 36.0 Å². The van der Waals surface area contributed by atoms with E-state index in [0.717, 1.165) is 42.4 Å². The van der Waals surface area contributed by atoms with Crippen molar-refractivity contribution in [1.29, 1.82) is 0 Å². The van der Waals surface area contributed by atoms with Crippen molar-refractivity contribution in [3.8, 4) is 0 Å². The molecular formula is C25H29F2N5OS. The minimum absolute atomic E-state index is 0.270. The molecule has 1 amide bonds. The van der Waals surface area contributed by atoms with Gasteiger partial charge < -0.3 is 15.5 Å². The van der Waals surface area contributed by atoms with Crippen molar-refractivity contribution >= 4 is 40.3 Å². The summed E-state index contributed by atoms with van der Waals surface area (Å²) in [7, 11) is 3.95. The number of carbonyl (C=O) groups excluding carboxylic acids is 1. The van der Waals surface area contributed by atoms with E-state index >= 15 is 0 Å². The lowest BCUT2D eigenvalue weighted by Crippen LogP contribution is -2.34. The molecular weight excluding hydrogens is 456 g/mol. The van der Waals surface area contributed by atoms with E-state index in [1.165, 1.54) is 0 Å². The zero-order valence-electron chi connectivity index (χ0n) is 19.3. The molecule has 3 aromatic rings. The van der Waals surface area contributed by atoms with E-state index in [4.69, 9.17) is 9.97 Å².